The van der Waals surface area contributed by atoms with E-state index in [0.717, 1.165) is 11.1 Å². The Morgan fingerprint density at radius 3 is 2.70 bits per heavy atom. The van der Waals surface area contributed by atoms with Gasteiger partial charge in [0.05, 0.1) is 0 Å². The summed E-state index contributed by atoms with van der Waals surface area (Å²) < 4.78 is 5.24. The van der Waals surface area contributed by atoms with Gasteiger partial charge in [-0.25, -0.2) is 0 Å². The Morgan fingerprint density at radius 2 is 1.95 bits per heavy atom. The fraction of sp³-hybridized carbons (Fsp3) is 0.133. The molecule has 1 atom stereocenters. The zero-order valence-electron chi connectivity index (χ0n) is 10.8. The summed E-state index contributed by atoms with van der Waals surface area (Å²) in [5, 5.41) is 3.48. The Kier molecular flexibility index (Phi) is 3.48. The van der Waals surface area contributed by atoms with Gasteiger partial charge in [-0.1, -0.05) is 35.5 Å². The number of hydrogen-bond acceptors (Lipinski definition) is 4. The predicted octanol–water partition coefficient (Wildman–Crippen LogP) is 3.77. The van der Waals surface area contributed by atoms with Crippen molar-refractivity contribution < 1.29 is 4.52 Å². The number of rotatable bonds is 3. The average Bonchev–Trinajstić information content (AvgIpc) is 2.97. The molecule has 0 bridgehead atoms. The molecule has 1 aromatic carbocycles. The number of pyridine rings is 1. The molecule has 2 heterocycles. The minimum absolute atomic E-state index is 0.371. The van der Waals surface area contributed by atoms with E-state index in [1.54, 1.807) is 6.20 Å². The molecule has 0 saturated carbocycles. The minimum Gasteiger partial charge on any atom is -0.337 e. The maximum Gasteiger partial charge on any atom is 0.249 e. The first-order valence-corrected chi connectivity index (χ1v) is 6.63. The minimum atomic E-state index is -0.456. The molecule has 20 heavy (non-hydrogen) atoms. The average molecular weight is 286 g/mol. The summed E-state index contributed by atoms with van der Waals surface area (Å²) in [6.07, 6.45) is 1.72. The van der Waals surface area contributed by atoms with Crippen LogP contribution in [0.25, 0.3) is 11.5 Å². The van der Waals surface area contributed by atoms with Crippen LogP contribution in [-0.2, 0) is 0 Å². The lowest BCUT2D eigenvalue weighted by molar-refractivity contribution is 0.383. The van der Waals surface area contributed by atoms with E-state index in [4.69, 9.17) is 16.1 Å². The summed E-state index contributed by atoms with van der Waals surface area (Å²) in [7, 11) is 0. The lowest BCUT2D eigenvalue weighted by Crippen LogP contribution is -1.93. The quantitative estimate of drug-likeness (QED) is 0.687. The lowest BCUT2D eigenvalue weighted by atomic mass is 10.1. The molecule has 0 aliphatic heterocycles. The van der Waals surface area contributed by atoms with Crippen LogP contribution < -0.4 is 0 Å². The van der Waals surface area contributed by atoms with Gasteiger partial charge in [0.1, 0.15) is 11.1 Å². The second-order valence-electron chi connectivity index (χ2n) is 4.45. The lowest BCUT2D eigenvalue weighted by Gasteiger charge is -2.03. The third-order valence-corrected chi connectivity index (χ3v) is 3.33. The predicted molar refractivity (Wildman–Crippen MR) is 76.4 cm³/mol. The van der Waals surface area contributed by atoms with Crippen molar-refractivity contribution in [3.8, 4) is 11.5 Å². The molecular weight excluding hydrogens is 274 g/mol. The Hall–Kier alpha value is -2.20. The number of halogens is 1. The van der Waals surface area contributed by atoms with E-state index in [0.29, 0.717) is 17.4 Å². The van der Waals surface area contributed by atoms with Crippen molar-refractivity contribution in [1.82, 2.24) is 15.1 Å². The van der Waals surface area contributed by atoms with E-state index in [1.165, 1.54) is 0 Å². The van der Waals surface area contributed by atoms with E-state index >= 15 is 0 Å². The Morgan fingerprint density at radius 1 is 1.15 bits per heavy atom. The van der Waals surface area contributed by atoms with E-state index in [1.807, 2.05) is 49.4 Å². The highest BCUT2D eigenvalue weighted by Gasteiger charge is 2.19. The molecule has 0 amide bonds. The number of hydrogen-bond donors (Lipinski definition) is 0. The van der Waals surface area contributed by atoms with Crippen LogP contribution in [0.5, 0.6) is 0 Å². The molecule has 0 aliphatic carbocycles. The van der Waals surface area contributed by atoms with Crippen LogP contribution in [0.15, 0.2) is 53.2 Å². The number of aromatic nitrogens is 3. The first kappa shape index (κ1) is 12.8. The number of aryl methyl sites for hydroxylation is 1. The third-order valence-electron chi connectivity index (χ3n) is 2.90. The monoisotopic (exact) mass is 285 g/mol. The summed E-state index contributed by atoms with van der Waals surface area (Å²) in [6, 6.07) is 13.4. The van der Waals surface area contributed by atoms with Gasteiger partial charge in [0.2, 0.25) is 11.7 Å². The van der Waals surface area contributed by atoms with Gasteiger partial charge >= 0.3 is 0 Å². The molecule has 3 rings (SSSR count). The fourth-order valence-electron chi connectivity index (χ4n) is 1.87. The summed E-state index contributed by atoms with van der Waals surface area (Å²) in [5.74, 6) is 0.821. The molecule has 0 saturated heterocycles. The highest BCUT2D eigenvalue weighted by atomic mass is 35.5. The van der Waals surface area contributed by atoms with Gasteiger partial charge < -0.3 is 4.52 Å². The summed E-state index contributed by atoms with van der Waals surface area (Å²) in [4.78, 5) is 8.55. The SMILES string of the molecule is Cc1ccnc(-c2noc(C(Cl)c3ccccc3)n2)c1. The van der Waals surface area contributed by atoms with Gasteiger partial charge in [0.15, 0.2) is 0 Å². The highest BCUT2D eigenvalue weighted by molar-refractivity contribution is 6.22. The molecule has 4 nitrogen and oxygen atoms in total. The van der Waals surface area contributed by atoms with Crippen LogP contribution in [0.4, 0.5) is 0 Å². The molecule has 3 aromatic rings. The van der Waals surface area contributed by atoms with Crippen molar-refractivity contribution in [3.05, 3.63) is 65.7 Å². The van der Waals surface area contributed by atoms with E-state index in [9.17, 15) is 0 Å². The highest BCUT2D eigenvalue weighted by Crippen LogP contribution is 2.28. The molecule has 2 aromatic heterocycles. The smallest absolute Gasteiger partial charge is 0.249 e. The molecular formula is C15H12ClN3O. The van der Waals surface area contributed by atoms with Gasteiger partial charge in [-0.15, -0.1) is 11.6 Å². The second-order valence-corrected chi connectivity index (χ2v) is 4.88. The molecule has 0 aliphatic rings. The Bertz CT molecular complexity index is 712. The second kappa shape index (κ2) is 5.43. The van der Waals surface area contributed by atoms with Crippen molar-refractivity contribution >= 4 is 11.6 Å². The van der Waals surface area contributed by atoms with E-state index in [2.05, 4.69) is 15.1 Å². The topological polar surface area (TPSA) is 51.8 Å². The molecule has 5 heteroatoms. The zero-order valence-corrected chi connectivity index (χ0v) is 11.6. The van der Waals surface area contributed by atoms with E-state index in [-0.39, 0.29) is 0 Å². The summed E-state index contributed by atoms with van der Waals surface area (Å²) >= 11 is 6.35. The largest absolute Gasteiger partial charge is 0.337 e. The van der Waals surface area contributed by atoms with Crippen LogP contribution >= 0.6 is 11.6 Å². The van der Waals surface area contributed by atoms with Crippen molar-refractivity contribution in [2.24, 2.45) is 0 Å². The third kappa shape index (κ3) is 2.56. The van der Waals surface area contributed by atoms with Crippen molar-refractivity contribution in [1.29, 1.82) is 0 Å². The number of nitrogens with zero attached hydrogens (tertiary/aromatic N) is 3. The maximum absolute atomic E-state index is 6.35. The maximum atomic E-state index is 6.35. The molecule has 0 spiro atoms. The van der Waals surface area contributed by atoms with Crippen LogP contribution in [0, 0.1) is 6.92 Å². The zero-order chi connectivity index (χ0) is 13.9. The molecule has 1 unspecified atom stereocenters. The van der Waals surface area contributed by atoms with Crippen LogP contribution in [-0.4, -0.2) is 15.1 Å². The molecule has 0 radical (unpaired) electrons. The Labute approximate surface area is 121 Å². The summed E-state index contributed by atoms with van der Waals surface area (Å²) in [5.41, 5.74) is 2.69. The molecule has 0 N–H and O–H groups in total. The normalized spacial score (nSPS) is 12.3. The number of alkyl halides is 1. The first-order valence-electron chi connectivity index (χ1n) is 6.19. The van der Waals surface area contributed by atoms with Gasteiger partial charge in [-0.05, 0) is 30.2 Å². The van der Waals surface area contributed by atoms with Crippen molar-refractivity contribution in [3.63, 3.8) is 0 Å². The molecule has 100 valence electrons. The van der Waals surface area contributed by atoms with E-state index < -0.39 is 5.38 Å². The Balaban J connectivity index is 1.91. The van der Waals surface area contributed by atoms with Crippen molar-refractivity contribution in [2.75, 3.05) is 0 Å². The van der Waals surface area contributed by atoms with Crippen LogP contribution in [0.3, 0.4) is 0 Å². The van der Waals surface area contributed by atoms with Crippen LogP contribution in [0.2, 0.25) is 0 Å². The van der Waals surface area contributed by atoms with Gasteiger partial charge in [0, 0.05) is 6.20 Å². The number of benzene rings is 1. The fourth-order valence-corrected chi connectivity index (χ4v) is 2.10. The van der Waals surface area contributed by atoms with Gasteiger partial charge in [0.25, 0.3) is 0 Å². The van der Waals surface area contributed by atoms with Gasteiger partial charge in [-0.2, -0.15) is 4.98 Å². The van der Waals surface area contributed by atoms with Crippen LogP contribution in [0.1, 0.15) is 22.4 Å². The van der Waals surface area contributed by atoms with Gasteiger partial charge in [-0.3, -0.25) is 4.98 Å². The standard InChI is InChI=1S/C15H12ClN3O/c1-10-7-8-17-12(9-10)14-18-15(20-19-14)13(16)11-5-3-2-4-6-11/h2-9,13H,1H3. The summed E-state index contributed by atoms with van der Waals surface area (Å²) in [6.45, 7) is 1.99. The molecule has 0 fully saturated rings. The van der Waals surface area contributed by atoms with Crippen molar-refractivity contribution in [2.45, 2.75) is 12.3 Å². The first-order chi connectivity index (χ1) is 9.74.